The summed E-state index contributed by atoms with van der Waals surface area (Å²) in [5.41, 5.74) is 2.31. The lowest BCUT2D eigenvalue weighted by Crippen LogP contribution is -2.23. The number of aliphatic hydroxyl groups is 1. The molecule has 7 heteroatoms. The molecule has 1 heterocycles. The zero-order valence-electron chi connectivity index (χ0n) is 18.3. The average Bonchev–Trinajstić information content (AvgIpc) is 3.02. The van der Waals surface area contributed by atoms with Crippen LogP contribution in [0.2, 0.25) is 0 Å². The van der Waals surface area contributed by atoms with E-state index in [0.29, 0.717) is 10.9 Å². The first-order valence-electron chi connectivity index (χ1n) is 9.95. The molecular weight excluding hydrogens is 418 g/mol. The third-order valence-corrected chi connectivity index (χ3v) is 5.72. The number of aliphatic hydroxyl groups excluding tert-OH is 1. The van der Waals surface area contributed by atoms with Crippen LogP contribution >= 0.6 is 23.4 Å². The summed E-state index contributed by atoms with van der Waals surface area (Å²) in [6, 6.07) is 11.8. The fourth-order valence-corrected chi connectivity index (χ4v) is 4.43. The minimum atomic E-state index is -0.818. The zero-order valence-corrected chi connectivity index (χ0v) is 19.9. The van der Waals surface area contributed by atoms with Crippen LogP contribution in [-0.2, 0) is 4.18 Å². The predicted octanol–water partition coefficient (Wildman–Crippen LogP) is 6.33. The number of nitrogens with zero attached hydrogens (tertiary/aromatic N) is 1. The quantitative estimate of drug-likeness (QED) is 0.407. The van der Waals surface area contributed by atoms with E-state index in [1.807, 2.05) is 77.9 Å². The van der Waals surface area contributed by atoms with Gasteiger partial charge in [0.25, 0.3) is 5.19 Å². The van der Waals surface area contributed by atoms with E-state index in [1.165, 1.54) is 28.9 Å². The molecule has 1 unspecified atom stereocenters. The maximum Gasteiger partial charge on any atom is 0.274 e. The van der Waals surface area contributed by atoms with Gasteiger partial charge in [0.15, 0.2) is 0 Å². The van der Waals surface area contributed by atoms with Crippen LogP contribution in [0.5, 0.6) is 10.9 Å². The second-order valence-electron chi connectivity index (χ2n) is 8.42. The molecule has 2 aromatic carbocycles. The highest BCUT2D eigenvalue weighted by molar-refractivity contribution is 7.94. The van der Waals surface area contributed by atoms with Crippen molar-refractivity contribution in [2.24, 2.45) is 0 Å². The molecule has 0 fully saturated rings. The zero-order chi connectivity index (χ0) is 21.9. The topological polar surface area (TPSA) is 60.8 Å². The Morgan fingerprint density at radius 2 is 1.83 bits per heavy atom. The molecule has 5 nitrogen and oxygen atoms in total. The molecule has 1 N–H and O–H groups in total. The molecular formula is C23H29NO4S2. The van der Waals surface area contributed by atoms with Crippen molar-refractivity contribution in [2.45, 2.75) is 64.2 Å². The van der Waals surface area contributed by atoms with Crippen molar-refractivity contribution in [3.63, 3.8) is 0 Å². The average molecular weight is 448 g/mol. The van der Waals surface area contributed by atoms with E-state index >= 15 is 0 Å². The Morgan fingerprint density at radius 3 is 2.47 bits per heavy atom. The molecule has 3 aromatic rings. The molecule has 1 aromatic heterocycles. The lowest BCUT2D eigenvalue weighted by atomic mass is 10.1. The summed E-state index contributed by atoms with van der Waals surface area (Å²) in [4.78, 5) is 5.58. The smallest absolute Gasteiger partial charge is 0.274 e. The summed E-state index contributed by atoms with van der Waals surface area (Å²) in [5.74, 6) is 0.664. The fourth-order valence-electron chi connectivity index (χ4n) is 2.77. The van der Waals surface area contributed by atoms with Gasteiger partial charge in [-0.15, -0.1) is 0 Å². The van der Waals surface area contributed by atoms with Crippen molar-refractivity contribution in [2.75, 3.05) is 6.61 Å². The van der Waals surface area contributed by atoms with E-state index in [4.69, 9.17) is 13.7 Å². The molecule has 0 radical (unpaired) electrons. The van der Waals surface area contributed by atoms with Crippen molar-refractivity contribution in [3.8, 4) is 10.9 Å². The number of rotatable bonds is 8. The molecule has 0 saturated heterocycles. The lowest BCUT2D eigenvalue weighted by Gasteiger charge is -2.22. The van der Waals surface area contributed by atoms with Crippen molar-refractivity contribution in [1.82, 2.24) is 4.98 Å². The SMILES string of the molecule is Cc1ccc(SOCC(O)c2cc(OC(C)(C)C)cc3nc(OC(C)C)sc23)cc1. The Bertz CT molecular complexity index is 977. The highest BCUT2D eigenvalue weighted by Gasteiger charge is 2.21. The first-order valence-corrected chi connectivity index (χ1v) is 11.5. The monoisotopic (exact) mass is 447 g/mol. The summed E-state index contributed by atoms with van der Waals surface area (Å²) in [6.07, 6.45) is -0.792. The highest BCUT2D eigenvalue weighted by atomic mass is 32.2. The molecule has 30 heavy (non-hydrogen) atoms. The summed E-state index contributed by atoms with van der Waals surface area (Å²) in [6.45, 7) is 12.1. The fraction of sp³-hybridized carbons (Fsp3) is 0.435. The summed E-state index contributed by atoms with van der Waals surface area (Å²) in [7, 11) is 0. The maximum absolute atomic E-state index is 10.9. The molecule has 0 saturated carbocycles. The van der Waals surface area contributed by atoms with Crippen LogP contribution in [0.25, 0.3) is 10.2 Å². The third kappa shape index (κ3) is 6.35. The first kappa shape index (κ1) is 22.9. The Balaban J connectivity index is 1.82. The number of hydrogen-bond acceptors (Lipinski definition) is 7. The van der Waals surface area contributed by atoms with Crippen molar-refractivity contribution in [3.05, 3.63) is 47.5 Å². The molecule has 0 aliphatic carbocycles. The van der Waals surface area contributed by atoms with Crippen LogP contribution in [0.4, 0.5) is 0 Å². The van der Waals surface area contributed by atoms with Gasteiger partial charge in [0.1, 0.15) is 17.5 Å². The summed E-state index contributed by atoms with van der Waals surface area (Å²) < 4.78 is 18.4. The van der Waals surface area contributed by atoms with Gasteiger partial charge >= 0.3 is 0 Å². The van der Waals surface area contributed by atoms with Gasteiger partial charge in [0.2, 0.25) is 0 Å². The highest BCUT2D eigenvalue weighted by Crippen LogP contribution is 2.38. The summed E-state index contributed by atoms with van der Waals surface area (Å²) in [5, 5.41) is 11.5. The molecule has 0 aliphatic rings. The lowest BCUT2D eigenvalue weighted by molar-refractivity contribution is 0.117. The molecule has 0 aliphatic heterocycles. The molecule has 162 valence electrons. The van der Waals surface area contributed by atoms with Crippen LogP contribution in [-0.4, -0.2) is 28.4 Å². The number of hydrogen-bond donors (Lipinski definition) is 1. The Labute approximate surface area is 186 Å². The predicted molar refractivity (Wildman–Crippen MR) is 124 cm³/mol. The van der Waals surface area contributed by atoms with E-state index in [9.17, 15) is 5.11 Å². The van der Waals surface area contributed by atoms with E-state index in [2.05, 4.69) is 4.98 Å². The van der Waals surface area contributed by atoms with Gasteiger partial charge in [-0.1, -0.05) is 29.0 Å². The van der Waals surface area contributed by atoms with Crippen LogP contribution < -0.4 is 9.47 Å². The molecule has 0 spiro atoms. The van der Waals surface area contributed by atoms with Gasteiger partial charge in [0.05, 0.1) is 22.9 Å². The number of aryl methyl sites for hydroxylation is 1. The minimum absolute atomic E-state index is 0.0264. The van der Waals surface area contributed by atoms with Crippen LogP contribution in [0, 0.1) is 6.92 Å². The third-order valence-electron chi connectivity index (χ3n) is 3.99. The van der Waals surface area contributed by atoms with E-state index in [-0.39, 0.29) is 18.3 Å². The standard InChI is InChI=1S/C23H29NO4S2/c1-14(2)27-22-24-19-12-16(28-23(4,5)6)11-18(21(19)29-22)20(25)13-26-30-17-9-7-15(3)8-10-17/h7-12,14,20,25H,13H2,1-6H3. The van der Waals surface area contributed by atoms with Crippen molar-refractivity contribution >= 4 is 33.6 Å². The van der Waals surface area contributed by atoms with Gasteiger partial charge in [-0.25, -0.2) is 4.98 Å². The van der Waals surface area contributed by atoms with E-state index in [0.717, 1.165) is 20.7 Å². The Hall–Kier alpha value is -1.80. The number of aromatic nitrogens is 1. The van der Waals surface area contributed by atoms with Crippen molar-refractivity contribution < 1.29 is 18.8 Å². The molecule has 0 bridgehead atoms. The number of benzene rings is 2. The van der Waals surface area contributed by atoms with Gasteiger partial charge in [-0.3, -0.25) is 0 Å². The number of fused-ring (bicyclic) bond motifs is 1. The van der Waals surface area contributed by atoms with Crippen LogP contribution in [0.3, 0.4) is 0 Å². The van der Waals surface area contributed by atoms with Gasteiger partial charge in [-0.05, 0) is 59.7 Å². The van der Waals surface area contributed by atoms with Gasteiger partial charge in [0, 0.05) is 28.6 Å². The summed E-state index contributed by atoms with van der Waals surface area (Å²) >= 11 is 2.68. The van der Waals surface area contributed by atoms with E-state index < -0.39 is 6.10 Å². The second-order valence-corrected chi connectivity index (χ2v) is 10.3. The maximum atomic E-state index is 10.9. The second kappa shape index (κ2) is 9.56. The van der Waals surface area contributed by atoms with Crippen molar-refractivity contribution in [1.29, 1.82) is 0 Å². The molecule has 3 rings (SSSR count). The normalized spacial score (nSPS) is 13.1. The Kier molecular flexibility index (Phi) is 7.29. The van der Waals surface area contributed by atoms with E-state index in [1.54, 1.807) is 0 Å². The first-order chi connectivity index (χ1) is 14.1. The van der Waals surface area contributed by atoms with Gasteiger partial charge in [-0.2, -0.15) is 0 Å². The van der Waals surface area contributed by atoms with Crippen LogP contribution in [0.15, 0.2) is 41.3 Å². The molecule has 1 atom stereocenters. The Morgan fingerprint density at radius 1 is 1.13 bits per heavy atom. The van der Waals surface area contributed by atoms with Gasteiger partial charge < -0.3 is 18.8 Å². The van der Waals surface area contributed by atoms with Crippen LogP contribution in [0.1, 0.15) is 51.8 Å². The minimum Gasteiger partial charge on any atom is -0.488 e. The molecule has 0 amide bonds. The number of ether oxygens (including phenoxy) is 2. The number of thiazole rings is 1. The largest absolute Gasteiger partial charge is 0.488 e.